The van der Waals surface area contributed by atoms with Crippen LogP contribution < -0.4 is 10.1 Å². The van der Waals surface area contributed by atoms with Gasteiger partial charge in [-0.1, -0.05) is 13.8 Å². The van der Waals surface area contributed by atoms with Crippen LogP contribution in [0.4, 0.5) is 5.82 Å². The molecule has 5 nitrogen and oxygen atoms in total. The number of anilines is 1. The Morgan fingerprint density at radius 3 is 2.53 bits per heavy atom. The fraction of sp³-hybridized carbons (Fsp3) is 0.714. The van der Waals surface area contributed by atoms with E-state index >= 15 is 0 Å². The lowest BCUT2D eigenvalue weighted by atomic mass is 10.2. The van der Waals surface area contributed by atoms with Crippen LogP contribution in [0, 0.1) is 19.8 Å². The van der Waals surface area contributed by atoms with Gasteiger partial charge in [0.2, 0.25) is 5.88 Å². The molecule has 19 heavy (non-hydrogen) atoms. The molecular formula is C14H25N3O2. The molecule has 5 heteroatoms. The molecule has 0 spiro atoms. The van der Waals surface area contributed by atoms with Crippen LogP contribution >= 0.6 is 0 Å². The molecule has 0 aliphatic heterocycles. The molecule has 0 aliphatic rings. The lowest BCUT2D eigenvalue weighted by molar-refractivity contribution is 0.0803. The van der Waals surface area contributed by atoms with E-state index in [-0.39, 0.29) is 0 Å². The molecule has 108 valence electrons. The normalized spacial score (nSPS) is 10.8. The first-order valence-corrected chi connectivity index (χ1v) is 6.84. The zero-order valence-electron chi connectivity index (χ0n) is 12.6. The SMILES string of the molecule is CCNc1nc(C)nc(OCCOCC(C)C)c1C. The second-order valence-corrected chi connectivity index (χ2v) is 4.90. The van der Waals surface area contributed by atoms with Gasteiger partial charge in [0.1, 0.15) is 18.2 Å². The summed E-state index contributed by atoms with van der Waals surface area (Å²) in [4.78, 5) is 8.68. The molecule has 0 aromatic carbocycles. The highest BCUT2D eigenvalue weighted by atomic mass is 16.5. The van der Waals surface area contributed by atoms with Crippen LogP contribution in [0.3, 0.4) is 0 Å². The van der Waals surface area contributed by atoms with Gasteiger partial charge in [-0.2, -0.15) is 4.98 Å². The molecule has 0 bridgehead atoms. The molecule has 0 aliphatic carbocycles. The van der Waals surface area contributed by atoms with Crippen molar-refractivity contribution in [3.05, 3.63) is 11.4 Å². The van der Waals surface area contributed by atoms with Gasteiger partial charge in [-0.3, -0.25) is 0 Å². The topological polar surface area (TPSA) is 56.3 Å². The Labute approximate surface area is 115 Å². The minimum atomic E-state index is 0.510. The van der Waals surface area contributed by atoms with E-state index in [9.17, 15) is 0 Å². The second-order valence-electron chi connectivity index (χ2n) is 4.90. The summed E-state index contributed by atoms with van der Waals surface area (Å²) in [6.45, 7) is 12.8. The fourth-order valence-electron chi connectivity index (χ4n) is 1.60. The van der Waals surface area contributed by atoms with Gasteiger partial charge >= 0.3 is 0 Å². The molecule has 1 rings (SSSR count). The molecule has 0 atom stereocenters. The predicted molar refractivity (Wildman–Crippen MR) is 76.8 cm³/mol. The van der Waals surface area contributed by atoms with Crippen LogP contribution in [0.5, 0.6) is 5.88 Å². The number of aromatic nitrogens is 2. The van der Waals surface area contributed by atoms with Crippen molar-refractivity contribution in [3.63, 3.8) is 0 Å². The number of nitrogens with zero attached hydrogens (tertiary/aromatic N) is 2. The Kier molecular flexibility index (Phi) is 6.56. The quantitative estimate of drug-likeness (QED) is 0.734. The van der Waals surface area contributed by atoms with Gasteiger partial charge in [0.05, 0.1) is 12.2 Å². The molecule has 0 saturated heterocycles. The summed E-state index contributed by atoms with van der Waals surface area (Å²) in [6, 6.07) is 0. The third-order valence-electron chi connectivity index (χ3n) is 2.47. The van der Waals surface area contributed by atoms with Gasteiger partial charge in [-0.25, -0.2) is 4.98 Å². The third kappa shape index (κ3) is 5.42. The van der Waals surface area contributed by atoms with Crippen molar-refractivity contribution in [2.45, 2.75) is 34.6 Å². The molecule has 0 unspecified atom stereocenters. The Bertz CT molecular complexity index is 395. The summed E-state index contributed by atoms with van der Waals surface area (Å²) in [7, 11) is 0. The van der Waals surface area contributed by atoms with Gasteiger partial charge in [0.25, 0.3) is 0 Å². The van der Waals surface area contributed by atoms with Crippen LogP contribution in [0.2, 0.25) is 0 Å². The number of nitrogens with one attached hydrogen (secondary N) is 1. The Morgan fingerprint density at radius 1 is 1.16 bits per heavy atom. The number of hydrogen-bond acceptors (Lipinski definition) is 5. The van der Waals surface area contributed by atoms with E-state index in [1.807, 2.05) is 20.8 Å². The van der Waals surface area contributed by atoms with E-state index in [1.54, 1.807) is 0 Å². The zero-order valence-corrected chi connectivity index (χ0v) is 12.6. The summed E-state index contributed by atoms with van der Waals surface area (Å²) in [5.41, 5.74) is 0.941. The average molecular weight is 267 g/mol. The highest BCUT2D eigenvalue weighted by Gasteiger charge is 2.09. The molecule has 1 heterocycles. The standard InChI is InChI=1S/C14H25N3O2/c1-6-15-13-11(4)14(17-12(5)16-13)19-8-7-18-9-10(2)3/h10H,6-9H2,1-5H3,(H,15,16,17). The van der Waals surface area contributed by atoms with E-state index in [1.165, 1.54) is 0 Å². The van der Waals surface area contributed by atoms with Gasteiger partial charge in [0.15, 0.2) is 0 Å². The Hall–Kier alpha value is -1.36. The summed E-state index contributed by atoms with van der Waals surface area (Å²) in [5, 5.41) is 3.21. The summed E-state index contributed by atoms with van der Waals surface area (Å²) >= 11 is 0. The summed E-state index contributed by atoms with van der Waals surface area (Å²) < 4.78 is 11.2. The van der Waals surface area contributed by atoms with E-state index in [2.05, 4.69) is 29.1 Å². The van der Waals surface area contributed by atoms with Gasteiger partial charge in [0, 0.05) is 13.2 Å². The molecule has 0 radical (unpaired) electrons. The lowest BCUT2D eigenvalue weighted by Gasteiger charge is -2.13. The highest BCUT2D eigenvalue weighted by Crippen LogP contribution is 2.21. The van der Waals surface area contributed by atoms with Gasteiger partial charge in [-0.05, 0) is 26.7 Å². The van der Waals surface area contributed by atoms with Crippen LogP contribution in [0.15, 0.2) is 0 Å². The second kappa shape index (κ2) is 7.94. The first kappa shape index (κ1) is 15.7. The maximum Gasteiger partial charge on any atom is 0.221 e. The van der Waals surface area contributed by atoms with Crippen molar-refractivity contribution in [2.24, 2.45) is 5.92 Å². The van der Waals surface area contributed by atoms with Crippen molar-refractivity contribution in [1.29, 1.82) is 0 Å². The number of hydrogen-bond donors (Lipinski definition) is 1. The van der Waals surface area contributed by atoms with E-state index < -0.39 is 0 Å². The first-order chi connectivity index (χ1) is 9.04. The number of rotatable bonds is 8. The first-order valence-electron chi connectivity index (χ1n) is 6.84. The van der Waals surface area contributed by atoms with E-state index in [0.29, 0.717) is 30.8 Å². The van der Waals surface area contributed by atoms with Crippen LogP contribution in [0.1, 0.15) is 32.2 Å². The van der Waals surface area contributed by atoms with Gasteiger partial charge < -0.3 is 14.8 Å². The van der Waals surface area contributed by atoms with Crippen LogP contribution in [-0.2, 0) is 4.74 Å². The molecule has 0 saturated carbocycles. The Morgan fingerprint density at radius 2 is 1.89 bits per heavy atom. The lowest BCUT2D eigenvalue weighted by Crippen LogP contribution is -2.13. The summed E-state index contributed by atoms with van der Waals surface area (Å²) in [5.74, 6) is 2.73. The van der Waals surface area contributed by atoms with E-state index in [0.717, 1.165) is 24.5 Å². The van der Waals surface area contributed by atoms with Crippen molar-refractivity contribution < 1.29 is 9.47 Å². The minimum absolute atomic E-state index is 0.510. The fourth-order valence-corrected chi connectivity index (χ4v) is 1.60. The summed E-state index contributed by atoms with van der Waals surface area (Å²) in [6.07, 6.45) is 0. The average Bonchev–Trinajstić information content (AvgIpc) is 2.34. The van der Waals surface area contributed by atoms with Crippen molar-refractivity contribution >= 4 is 5.82 Å². The molecular weight excluding hydrogens is 242 g/mol. The van der Waals surface area contributed by atoms with Gasteiger partial charge in [-0.15, -0.1) is 0 Å². The highest BCUT2D eigenvalue weighted by molar-refractivity contribution is 5.48. The Balaban J connectivity index is 2.53. The molecule has 0 amide bonds. The van der Waals surface area contributed by atoms with Crippen LogP contribution in [-0.4, -0.2) is 36.3 Å². The van der Waals surface area contributed by atoms with Crippen molar-refractivity contribution in [1.82, 2.24) is 9.97 Å². The maximum atomic E-state index is 5.67. The van der Waals surface area contributed by atoms with Crippen molar-refractivity contribution in [3.8, 4) is 5.88 Å². The van der Waals surface area contributed by atoms with Crippen LogP contribution in [0.25, 0.3) is 0 Å². The molecule has 1 N–H and O–H groups in total. The minimum Gasteiger partial charge on any atom is -0.475 e. The molecule has 0 fully saturated rings. The third-order valence-corrected chi connectivity index (χ3v) is 2.47. The smallest absolute Gasteiger partial charge is 0.221 e. The largest absolute Gasteiger partial charge is 0.475 e. The predicted octanol–water partition coefficient (Wildman–Crippen LogP) is 2.58. The maximum absolute atomic E-state index is 5.67. The molecule has 1 aromatic heterocycles. The number of ether oxygens (including phenoxy) is 2. The molecule has 1 aromatic rings. The monoisotopic (exact) mass is 267 g/mol. The van der Waals surface area contributed by atoms with Crippen molar-refractivity contribution in [2.75, 3.05) is 31.7 Å². The van der Waals surface area contributed by atoms with E-state index in [4.69, 9.17) is 9.47 Å². The zero-order chi connectivity index (χ0) is 14.3. The number of aryl methyl sites for hydroxylation is 1.